The highest BCUT2D eigenvalue weighted by Gasteiger charge is 2.17. The van der Waals surface area contributed by atoms with Crippen molar-refractivity contribution in [2.45, 2.75) is 17.1 Å². The van der Waals surface area contributed by atoms with Gasteiger partial charge in [-0.3, -0.25) is 15.5 Å². The summed E-state index contributed by atoms with van der Waals surface area (Å²) < 4.78 is 3.38. The van der Waals surface area contributed by atoms with E-state index in [1.54, 1.807) is 34.6 Å². The lowest BCUT2D eigenvalue weighted by Gasteiger charge is -2.07. The molecule has 164 valence electrons. The second-order valence-corrected chi connectivity index (χ2v) is 7.99. The first-order valence-corrected chi connectivity index (χ1v) is 10.5. The zero-order chi connectivity index (χ0) is 22.9. The first kappa shape index (κ1) is 20.5. The second kappa shape index (κ2) is 8.27. The van der Waals surface area contributed by atoms with Crippen molar-refractivity contribution in [1.82, 2.24) is 34.8 Å². The first-order chi connectivity index (χ1) is 16.0. The molecule has 0 spiro atoms. The summed E-state index contributed by atoms with van der Waals surface area (Å²) in [5.41, 5.74) is 6.55. The van der Waals surface area contributed by atoms with E-state index >= 15 is 0 Å². The molecule has 0 radical (unpaired) electrons. The van der Waals surface area contributed by atoms with Gasteiger partial charge in [0.1, 0.15) is 5.03 Å². The molecule has 33 heavy (non-hydrogen) atoms. The number of non-ortho nitro benzene ring substituents is 1. The summed E-state index contributed by atoms with van der Waals surface area (Å²) in [6, 6.07) is 13.9. The molecule has 5 aromatic rings. The molecule has 0 saturated heterocycles. The number of nitro benzene ring substituents is 1. The Morgan fingerprint density at radius 3 is 2.70 bits per heavy atom. The van der Waals surface area contributed by atoms with Gasteiger partial charge in [0.15, 0.2) is 5.65 Å². The Hall–Kier alpha value is -4.39. The maximum absolute atomic E-state index is 10.8. The number of tetrazole rings is 1. The molecule has 0 atom stereocenters. The minimum atomic E-state index is -0.446. The third kappa shape index (κ3) is 3.85. The predicted molar refractivity (Wildman–Crippen MR) is 122 cm³/mol. The van der Waals surface area contributed by atoms with Crippen LogP contribution in [0.3, 0.4) is 0 Å². The molecule has 3 heterocycles. The minimum absolute atomic E-state index is 0.0159. The maximum Gasteiger partial charge on any atom is 0.269 e. The van der Waals surface area contributed by atoms with Crippen LogP contribution in [-0.2, 0) is 7.05 Å². The van der Waals surface area contributed by atoms with Crippen LogP contribution in [0.25, 0.3) is 16.6 Å². The molecular weight excluding hydrogens is 444 g/mol. The van der Waals surface area contributed by atoms with Crippen molar-refractivity contribution < 1.29 is 4.92 Å². The van der Waals surface area contributed by atoms with Crippen LogP contribution in [0.5, 0.6) is 0 Å². The average molecular weight is 460 g/mol. The summed E-state index contributed by atoms with van der Waals surface area (Å²) in [6.07, 6.45) is 1.64. The fraction of sp³-hybridized carbons (Fsp3) is 0.100. The zero-order valence-electron chi connectivity index (χ0n) is 17.4. The lowest BCUT2D eigenvalue weighted by atomic mass is 10.2. The number of fused-ring (bicyclic) bond motifs is 3. The molecule has 5 rings (SSSR count). The zero-order valence-corrected chi connectivity index (χ0v) is 18.3. The molecule has 0 aliphatic carbocycles. The van der Waals surface area contributed by atoms with Gasteiger partial charge in [0.25, 0.3) is 5.69 Å². The Kier molecular flexibility index (Phi) is 5.14. The summed E-state index contributed by atoms with van der Waals surface area (Å²) >= 11 is 1.37. The van der Waals surface area contributed by atoms with Crippen molar-refractivity contribution in [3.63, 3.8) is 0 Å². The number of nitrogens with zero attached hydrogens (tertiary/aromatic N) is 9. The van der Waals surface area contributed by atoms with Crippen LogP contribution in [0.4, 0.5) is 11.4 Å². The molecule has 0 aliphatic rings. The number of hydrazone groups is 1. The fourth-order valence-electron chi connectivity index (χ4n) is 3.25. The number of nitro groups is 1. The maximum atomic E-state index is 10.8. The highest BCUT2D eigenvalue weighted by molar-refractivity contribution is 7.99. The summed E-state index contributed by atoms with van der Waals surface area (Å²) in [5.74, 6) is 0. The van der Waals surface area contributed by atoms with Gasteiger partial charge in [-0.2, -0.15) is 10.2 Å². The van der Waals surface area contributed by atoms with Crippen molar-refractivity contribution >= 4 is 45.9 Å². The van der Waals surface area contributed by atoms with Crippen molar-refractivity contribution in [3.8, 4) is 0 Å². The Balaban J connectivity index is 1.54. The third-order valence-corrected chi connectivity index (χ3v) is 5.92. The van der Waals surface area contributed by atoms with E-state index in [4.69, 9.17) is 4.98 Å². The fourth-order valence-corrected chi connectivity index (χ4v) is 4.08. The SMILES string of the molecule is Cc1nn2c(nc(Sc3nnnn3C)c3ccccc32)c1C=NNc1ccc([N+](=O)[O-])cc1. The van der Waals surface area contributed by atoms with Gasteiger partial charge in [0.2, 0.25) is 5.16 Å². The Morgan fingerprint density at radius 1 is 1.18 bits per heavy atom. The lowest BCUT2D eigenvalue weighted by Crippen LogP contribution is -1.99. The molecule has 0 fully saturated rings. The van der Waals surface area contributed by atoms with E-state index in [0.717, 1.165) is 27.2 Å². The normalized spacial score (nSPS) is 11.6. The van der Waals surface area contributed by atoms with E-state index in [2.05, 4.69) is 31.2 Å². The van der Waals surface area contributed by atoms with Gasteiger partial charge >= 0.3 is 0 Å². The molecule has 3 aromatic heterocycles. The van der Waals surface area contributed by atoms with Crippen LogP contribution in [-0.4, -0.2) is 45.9 Å². The van der Waals surface area contributed by atoms with Gasteiger partial charge in [0.05, 0.1) is 33.6 Å². The predicted octanol–water partition coefficient (Wildman–Crippen LogP) is 3.22. The Bertz CT molecular complexity index is 1520. The lowest BCUT2D eigenvalue weighted by molar-refractivity contribution is -0.384. The summed E-state index contributed by atoms with van der Waals surface area (Å²) in [6.45, 7) is 1.89. The number of nitrogens with one attached hydrogen (secondary N) is 1. The molecule has 0 amide bonds. The summed E-state index contributed by atoms with van der Waals surface area (Å²) in [7, 11) is 1.77. The molecular formula is C20H16N10O2S. The van der Waals surface area contributed by atoms with Crippen LogP contribution in [0.2, 0.25) is 0 Å². The average Bonchev–Trinajstić information content (AvgIpc) is 3.37. The van der Waals surface area contributed by atoms with Crippen LogP contribution in [0, 0.1) is 17.0 Å². The number of hydrogen-bond acceptors (Lipinski definition) is 10. The Morgan fingerprint density at radius 2 is 1.97 bits per heavy atom. The highest BCUT2D eigenvalue weighted by Crippen LogP contribution is 2.32. The Labute approximate surface area is 190 Å². The van der Waals surface area contributed by atoms with Gasteiger partial charge in [-0.25, -0.2) is 14.2 Å². The van der Waals surface area contributed by atoms with Crippen LogP contribution >= 0.6 is 11.8 Å². The van der Waals surface area contributed by atoms with Crippen molar-refractivity contribution in [2.75, 3.05) is 5.43 Å². The number of benzene rings is 2. The van der Waals surface area contributed by atoms with Crippen LogP contribution in [0.15, 0.2) is 63.8 Å². The van der Waals surface area contributed by atoms with Crippen LogP contribution < -0.4 is 5.43 Å². The van der Waals surface area contributed by atoms with Gasteiger partial charge in [-0.1, -0.05) is 18.2 Å². The number of aromatic nitrogens is 7. The number of hydrogen-bond donors (Lipinski definition) is 1. The number of para-hydroxylation sites is 1. The van der Waals surface area contributed by atoms with E-state index in [1.807, 2.05) is 31.2 Å². The quantitative estimate of drug-likeness (QED) is 0.175. The standard InChI is InChI=1S/C20H16N10O2S/c1-12-16(11-21-23-13-7-9-14(10-8-13)30(31)32)18-22-19(33-20-24-26-27-28(20)2)15-5-3-4-6-17(15)29(18)25-12/h3-11,23H,1-2H3. The molecule has 1 N–H and O–H groups in total. The van der Waals surface area contributed by atoms with E-state index in [9.17, 15) is 10.1 Å². The van der Waals surface area contributed by atoms with Crippen molar-refractivity contribution in [3.05, 3.63) is 69.9 Å². The molecule has 2 aromatic carbocycles. The third-order valence-electron chi connectivity index (χ3n) is 4.89. The van der Waals surface area contributed by atoms with E-state index in [1.165, 1.54) is 23.9 Å². The van der Waals surface area contributed by atoms with Gasteiger partial charge in [-0.15, -0.1) is 5.10 Å². The minimum Gasteiger partial charge on any atom is -0.278 e. The smallest absolute Gasteiger partial charge is 0.269 e. The molecule has 0 unspecified atom stereocenters. The summed E-state index contributed by atoms with van der Waals surface area (Å²) in [5, 5.41) is 33.7. The topological polar surface area (TPSA) is 141 Å². The molecule has 12 nitrogen and oxygen atoms in total. The highest BCUT2D eigenvalue weighted by atomic mass is 32.2. The van der Waals surface area contributed by atoms with Crippen LogP contribution in [0.1, 0.15) is 11.3 Å². The van der Waals surface area contributed by atoms with E-state index < -0.39 is 4.92 Å². The van der Waals surface area contributed by atoms with E-state index in [-0.39, 0.29) is 5.69 Å². The molecule has 0 saturated carbocycles. The van der Waals surface area contributed by atoms with Crippen molar-refractivity contribution in [2.24, 2.45) is 12.1 Å². The van der Waals surface area contributed by atoms with E-state index in [0.29, 0.717) is 16.5 Å². The second-order valence-electron chi connectivity index (χ2n) is 7.03. The monoisotopic (exact) mass is 460 g/mol. The van der Waals surface area contributed by atoms with Crippen molar-refractivity contribution in [1.29, 1.82) is 0 Å². The first-order valence-electron chi connectivity index (χ1n) is 9.73. The molecule has 0 aliphatic heterocycles. The molecule has 13 heteroatoms. The summed E-state index contributed by atoms with van der Waals surface area (Å²) in [4.78, 5) is 15.2. The van der Waals surface area contributed by atoms with Gasteiger partial charge in [0, 0.05) is 24.6 Å². The largest absolute Gasteiger partial charge is 0.278 e. The van der Waals surface area contributed by atoms with Gasteiger partial charge < -0.3 is 0 Å². The van der Waals surface area contributed by atoms with Gasteiger partial charge in [-0.05, 0) is 47.3 Å². The molecule has 0 bridgehead atoms. The number of rotatable bonds is 6. The number of aryl methyl sites for hydroxylation is 2. The number of anilines is 1.